The van der Waals surface area contributed by atoms with Gasteiger partial charge in [-0.25, -0.2) is 0 Å². The number of hydrogen-bond acceptors (Lipinski definition) is 5. The molecule has 1 fully saturated rings. The first kappa shape index (κ1) is 25.3. The van der Waals surface area contributed by atoms with Crippen LogP contribution in [0.3, 0.4) is 0 Å². The summed E-state index contributed by atoms with van der Waals surface area (Å²) in [6.07, 6.45) is 6.10. The van der Waals surface area contributed by atoms with Crippen molar-refractivity contribution in [2.24, 2.45) is 16.5 Å². The molecule has 1 aromatic carbocycles. The second-order valence-corrected chi connectivity index (χ2v) is 8.11. The number of rotatable bonds is 13. The van der Waals surface area contributed by atoms with Crippen molar-refractivity contribution in [3.05, 3.63) is 35.9 Å². The van der Waals surface area contributed by atoms with E-state index in [4.69, 9.17) is 11.5 Å². The van der Waals surface area contributed by atoms with Crippen LogP contribution in [0, 0.1) is 0 Å². The van der Waals surface area contributed by atoms with Crippen molar-refractivity contribution in [2.75, 3.05) is 26.2 Å². The van der Waals surface area contributed by atoms with Gasteiger partial charge < -0.3 is 31.8 Å². The average Bonchev–Trinajstić information content (AvgIpc) is 2.81. The first-order valence-corrected chi connectivity index (χ1v) is 11.4. The molecule has 9 nitrogen and oxygen atoms in total. The van der Waals surface area contributed by atoms with Gasteiger partial charge in [0.25, 0.3) is 0 Å². The van der Waals surface area contributed by atoms with Gasteiger partial charge in [-0.2, -0.15) is 0 Å². The zero-order valence-corrected chi connectivity index (χ0v) is 18.7. The number of hydrogen-bond donors (Lipinski definition) is 4. The minimum Gasteiger partial charge on any atom is -0.370 e. The predicted molar refractivity (Wildman–Crippen MR) is 125 cm³/mol. The van der Waals surface area contributed by atoms with Crippen LogP contribution < -0.4 is 22.1 Å². The summed E-state index contributed by atoms with van der Waals surface area (Å²) < 4.78 is 0. The van der Waals surface area contributed by atoms with Crippen LogP contribution >= 0.6 is 0 Å². The summed E-state index contributed by atoms with van der Waals surface area (Å²) in [7, 11) is 0. The number of nitrogens with one attached hydrogen (secondary N) is 2. The Balaban J connectivity index is 1.91. The summed E-state index contributed by atoms with van der Waals surface area (Å²) in [6.45, 7) is 1.61. The monoisotopic (exact) mass is 444 g/mol. The molecular formula is C23H36N6O3. The van der Waals surface area contributed by atoms with Gasteiger partial charge in [0.1, 0.15) is 6.29 Å². The number of piperidine rings is 1. The molecule has 9 heteroatoms. The Kier molecular flexibility index (Phi) is 11.2. The summed E-state index contributed by atoms with van der Waals surface area (Å²) >= 11 is 0. The zero-order valence-electron chi connectivity index (χ0n) is 18.7. The first-order valence-electron chi connectivity index (χ1n) is 11.4. The molecule has 32 heavy (non-hydrogen) atoms. The molecule has 1 aliphatic rings. The van der Waals surface area contributed by atoms with Gasteiger partial charge >= 0.3 is 0 Å². The molecule has 1 heterocycles. The number of aliphatic imine (C=N–C) groups is 1. The molecule has 0 aromatic heterocycles. The lowest BCUT2D eigenvalue weighted by atomic mass is 10.0. The number of carbonyl (C=O) groups excluding carboxylic acids is 3. The van der Waals surface area contributed by atoms with E-state index in [1.165, 1.54) is 5.56 Å². The number of benzene rings is 1. The molecule has 2 atom stereocenters. The number of nitrogens with zero attached hydrogens (tertiary/aromatic N) is 2. The third-order valence-electron chi connectivity index (χ3n) is 5.47. The SMILES string of the molecule is NC(N)=NCCC[C@@H](C=O)NC(=O)CN(CCCc1ccccc1)C(=O)[C@H]1CCCCN1. The summed E-state index contributed by atoms with van der Waals surface area (Å²) in [6, 6.07) is 9.17. The Morgan fingerprint density at radius 1 is 1.22 bits per heavy atom. The zero-order chi connectivity index (χ0) is 23.2. The lowest BCUT2D eigenvalue weighted by Crippen LogP contribution is -2.52. The summed E-state index contributed by atoms with van der Waals surface area (Å²) in [5.74, 6) is -0.395. The van der Waals surface area contributed by atoms with E-state index in [0.29, 0.717) is 32.2 Å². The van der Waals surface area contributed by atoms with Crippen LogP contribution in [0.2, 0.25) is 0 Å². The van der Waals surface area contributed by atoms with Crippen molar-refractivity contribution in [1.29, 1.82) is 0 Å². The molecule has 176 valence electrons. The minimum atomic E-state index is -0.634. The van der Waals surface area contributed by atoms with Crippen LogP contribution in [0.25, 0.3) is 0 Å². The highest BCUT2D eigenvalue weighted by Crippen LogP contribution is 2.11. The lowest BCUT2D eigenvalue weighted by molar-refractivity contribution is -0.138. The molecule has 1 aliphatic heterocycles. The summed E-state index contributed by atoms with van der Waals surface area (Å²) in [4.78, 5) is 42.6. The largest absolute Gasteiger partial charge is 0.370 e. The fourth-order valence-electron chi connectivity index (χ4n) is 3.79. The molecule has 2 rings (SSSR count). The topological polar surface area (TPSA) is 143 Å². The van der Waals surface area contributed by atoms with E-state index in [-0.39, 0.29) is 30.4 Å². The van der Waals surface area contributed by atoms with Gasteiger partial charge in [0.15, 0.2) is 5.96 Å². The van der Waals surface area contributed by atoms with Crippen LogP contribution in [0.5, 0.6) is 0 Å². The number of carbonyl (C=O) groups is 3. The van der Waals surface area contributed by atoms with Crippen molar-refractivity contribution in [3.8, 4) is 0 Å². The first-order chi connectivity index (χ1) is 15.5. The van der Waals surface area contributed by atoms with E-state index in [2.05, 4.69) is 27.8 Å². The van der Waals surface area contributed by atoms with Crippen LogP contribution in [0.4, 0.5) is 0 Å². The molecule has 0 bridgehead atoms. The molecule has 0 radical (unpaired) electrons. The van der Waals surface area contributed by atoms with Crippen LogP contribution in [0.15, 0.2) is 35.3 Å². The molecule has 6 N–H and O–H groups in total. The highest BCUT2D eigenvalue weighted by molar-refractivity contribution is 5.88. The van der Waals surface area contributed by atoms with Gasteiger partial charge in [-0.1, -0.05) is 36.8 Å². The van der Waals surface area contributed by atoms with Crippen molar-refractivity contribution < 1.29 is 14.4 Å². The molecule has 2 amide bonds. The van der Waals surface area contributed by atoms with E-state index in [1.807, 2.05) is 18.2 Å². The van der Waals surface area contributed by atoms with Crippen LogP contribution in [-0.4, -0.2) is 67.2 Å². The maximum Gasteiger partial charge on any atom is 0.240 e. The normalized spacial score (nSPS) is 16.6. The second kappa shape index (κ2) is 14.2. The fraction of sp³-hybridized carbons (Fsp3) is 0.565. The van der Waals surface area contributed by atoms with E-state index in [0.717, 1.165) is 38.6 Å². The highest BCUT2D eigenvalue weighted by atomic mass is 16.2. The Morgan fingerprint density at radius 3 is 2.66 bits per heavy atom. The van der Waals surface area contributed by atoms with E-state index < -0.39 is 6.04 Å². The number of nitrogens with two attached hydrogens (primary N) is 2. The molecule has 1 saturated heterocycles. The van der Waals surface area contributed by atoms with Gasteiger partial charge in [0, 0.05) is 13.1 Å². The third-order valence-corrected chi connectivity index (χ3v) is 5.47. The highest BCUT2D eigenvalue weighted by Gasteiger charge is 2.27. The molecular weight excluding hydrogens is 408 g/mol. The maximum absolute atomic E-state index is 13.1. The van der Waals surface area contributed by atoms with E-state index in [9.17, 15) is 14.4 Å². The molecule has 0 saturated carbocycles. The van der Waals surface area contributed by atoms with Gasteiger partial charge in [-0.05, 0) is 50.6 Å². The summed E-state index contributed by atoms with van der Waals surface area (Å²) in [5, 5.41) is 5.98. The second-order valence-electron chi connectivity index (χ2n) is 8.11. The Morgan fingerprint density at radius 2 is 2.00 bits per heavy atom. The Bertz CT molecular complexity index is 745. The van der Waals surface area contributed by atoms with Gasteiger partial charge in [0.2, 0.25) is 11.8 Å². The smallest absolute Gasteiger partial charge is 0.240 e. The standard InChI is InChI=1S/C23H36N6O3/c24-23(25)27-14-6-11-19(17-30)28-21(31)16-29(22(32)20-12-4-5-13-26-20)15-7-10-18-8-2-1-3-9-18/h1-3,8-9,17,19-20,26H,4-7,10-16H2,(H,28,31)(H4,24,25,27)/t19-,20+/m0/s1. The lowest BCUT2D eigenvalue weighted by Gasteiger charge is -2.30. The van der Waals surface area contributed by atoms with Crippen molar-refractivity contribution >= 4 is 24.1 Å². The number of amides is 2. The molecule has 1 aromatic rings. The summed E-state index contributed by atoms with van der Waals surface area (Å²) in [5.41, 5.74) is 11.8. The maximum atomic E-state index is 13.1. The quantitative estimate of drug-likeness (QED) is 0.149. The Labute approximate surface area is 190 Å². The number of guanidine groups is 1. The van der Waals surface area contributed by atoms with Crippen molar-refractivity contribution in [2.45, 2.75) is 57.0 Å². The predicted octanol–water partition coefficient (Wildman–Crippen LogP) is 0.327. The van der Waals surface area contributed by atoms with Crippen molar-refractivity contribution in [1.82, 2.24) is 15.5 Å². The number of aryl methyl sites for hydroxylation is 1. The molecule has 0 aliphatic carbocycles. The molecule has 0 unspecified atom stereocenters. The van der Waals surface area contributed by atoms with Gasteiger partial charge in [-0.15, -0.1) is 0 Å². The molecule has 0 spiro atoms. The number of aldehydes is 1. The Hall–Kier alpha value is -2.94. The van der Waals surface area contributed by atoms with E-state index in [1.54, 1.807) is 4.90 Å². The fourth-order valence-corrected chi connectivity index (χ4v) is 3.79. The van der Waals surface area contributed by atoms with E-state index >= 15 is 0 Å². The van der Waals surface area contributed by atoms with Crippen molar-refractivity contribution in [3.63, 3.8) is 0 Å². The van der Waals surface area contributed by atoms with Gasteiger partial charge in [0.05, 0.1) is 18.6 Å². The third kappa shape index (κ3) is 9.47. The van der Waals surface area contributed by atoms with Gasteiger partial charge in [-0.3, -0.25) is 14.6 Å². The minimum absolute atomic E-state index is 0.00216. The average molecular weight is 445 g/mol. The van der Waals surface area contributed by atoms with Crippen LogP contribution in [0.1, 0.15) is 44.1 Å². The van der Waals surface area contributed by atoms with Crippen LogP contribution in [-0.2, 0) is 20.8 Å².